The van der Waals surface area contributed by atoms with E-state index in [1.807, 2.05) is 5.32 Å². The quantitative estimate of drug-likeness (QED) is 0.643. The van der Waals surface area contributed by atoms with E-state index >= 15 is 0 Å². The van der Waals surface area contributed by atoms with Gasteiger partial charge in [-0.25, -0.2) is 13.6 Å². The molecule has 1 aliphatic rings. The summed E-state index contributed by atoms with van der Waals surface area (Å²) in [6.07, 6.45) is -0.968. The standard InChI is InChI=1S/C12H11F2NO5.ClH/c1-6(16)20-9-3-2-7(4-8(9)17)10-12(13,14)5-19-11(18)15-10;/h2-4,10,17H,5H2,1H3,(H,15,18);1H/t10-;/m1./s1. The maximum Gasteiger partial charge on any atom is 0.408 e. The number of alkyl halides is 2. The van der Waals surface area contributed by atoms with E-state index in [4.69, 9.17) is 0 Å². The van der Waals surface area contributed by atoms with Gasteiger partial charge in [0.05, 0.1) is 0 Å². The van der Waals surface area contributed by atoms with E-state index in [0.717, 1.165) is 13.0 Å². The molecular weight excluding hydrogens is 312 g/mol. The van der Waals surface area contributed by atoms with E-state index in [1.165, 1.54) is 12.1 Å². The molecule has 1 saturated heterocycles. The first-order chi connectivity index (χ1) is 9.29. The summed E-state index contributed by atoms with van der Waals surface area (Å²) in [7, 11) is 0. The van der Waals surface area contributed by atoms with Crippen molar-refractivity contribution in [2.24, 2.45) is 0 Å². The maximum atomic E-state index is 13.7. The molecular formula is C12H12ClF2NO5. The van der Waals surface area contributed by atoms with Crippen molar-refractivity contribution in [3.8, 4) is 11.5 Å². The van der Waals surface area contributed by atoms with E-state index in [0.29, 0.717) is 0 Å². The van der Waals surface area contributed by atoms with Crippen molar-refractivity contribution < 1.29 is 33.0 Å². The first-order valence-electron chi connectivity index (χ1n) is 5.62. The first-order valence-corrected chi connectivity index (χ1v) is 5.62. The second kappa shape index (κ2) is 6.13. The van der Waals surface area contributed by atoms with Crippen LogP contribution in [0.4, 0.5) is 13.6 Å². The Morgan fingerprint density at radius 2 is 2.19 bits per heavy atom. The van der Waals surface area contributed by atoms with Crippen molar-refractivity contribution in [3.63, 3.8) is 0 Å². The number of nitrogens with one attached hydrogen (secondary N) is 1. The number of ether oxygens (including phenoxy) is 2. The van der Waals surface area contributed by atoms with Crippen molar-refractivity contribution >= 4 is 24.5 Å². The Labute approximate surface area is 124 Å². The summed E-state index contributed by atoms with van der Waals surface area (Å²) in [5.74, 6) is -4.60. The number of carbonyl (C=O) groups excluding carboxylic acids is 2. The number of halogens is 3. The average molecular weight is 324 g/mol. The summed E-state index contributed by atoms with van der Waals surface area (Å²) in [5.41, 5.74) is -0.0277. The molecule has 1 atom stereocenters. The zero-order valence-corrected chi connectivity index (χ0v) is 11.6. The summed E-state index contributed by atoms with van der Waals surface area (Å²) in [4.78, 5) is 21.8. The molecule has 2 N–H and O–H groups in total. The molecule has 1 amide bonds. The SMILES string of the molecule is CC(=O)Oc1ccc([C@H]2NC(=O)OCC2(F)F)cc1O.Cl. The smallest absolute Gasteiger partial charge is 0.408 e. The fourth-order valence-electron chi connectivity index (χ4n) is 1.79. The fourth-order valence-corrected chi connectivity index (χ4v) is 1.79. The van der Waals surface area contributed by atoms with Gasteiger partial charge in [-0.15, -0.1) is 12.4 Å². The maximum absolute atomic E-state index is 13.7. The molecule has 6 nitrogen and oxygen atoms in total. The molecule has 21 heavy (non-hydrogen) atoms. The zero-order valence-electron chi connectivity index (χ0n) is 10.8. The third-order valence-electron chi connectivity index (χ3n) is 2.65. The molecule has 2 rings (SSSR count). The van der Waals surface area contributed by atoms with Crippen LogP contribution in [0.25, 0.3) is 0 Å². The molecule has 0 bridgehead atoms. The minimum atomic E-state index is -3.32. The molecule has 0 saturated carbocycles. The molecule has 0 radical (unpaired) electrons. The van der Waals surface area contributed by atoms with E-state index in [1.54, 1.807) is 0 Å². The molecule has 9 heteroatoms. The Balaban J connectivity index is 0.00000220. The summed E-state index contributed by atoms with van der Waals surface area (Å²) in [5, 5.41) is 11.6. The number of rotatable bonds is 2. The van der Waals surface area contributed by atoms with Crippen molar-refractivity contribution in [2.45, 2.75) is 18.9 Å². The van der Waals surface area contributed by atoms with Crippen molar-refractivity contribution in [1.82, 2.24) is 5.32 Å². The van der Waals surface area contributed by atoms with Crippen LogP contribution < -0.4 is 10.1 Å². The summed E-state index contributed by atoms with van der Waals surface area (Å²) in [6, 6.07) is 1.77. The van der Waals surface area contributed by atoms with Gasteiger partial charge in [0, 0.05) is 6.92 Å². The second-order valence-corrected chi connectivity index (χ2v) is 4.24. The molecule has 116 valence electrons. The Morgan fingerprint density at radius 1 is 1.52 bits per heavy atom. The molecule has 0 aliphatic carbocycles. The molecule has 1 aromatic rings. The van der Waals surface area contributed by atoms with Crippen molar-refractivity contribution in [2.75, 3.05) is 6.61 Å². The number of hydrogen-bond acceptors (Lipinski definition) is 5. The highest BCUT2D eigenvalue weighted by Gasteiger charge is 2.47. The third kappa shape index (κ3) is 3.72. The van der Waals surface area contributed by atoms with E-state index < -0.39 is 36.4 Å². The van der Waals surface area contributed by atoms with Gasteiger partial charge in [-0.1, -0.05) is 6.07 Å². The summed E-state index contributed by atoms with van der Waals surface area (Å²) >= 11 is 0. The van der Waals surface area contributed by atoms with Gasteiger partial charge in [-0.2, -0.15) is 0 Å². The average Bonchev–Trinajstić information content (AvgIpc) is 2.34. The number of amides is 1. The third-order valence-corrected chi connectivity index (χ3v) is 2.65. The number of benzene rings is 1. The van der Waals surface area contributed by atoms with Crippen LogP contribution in [-0.2, 0) is 9.53 Å². The molecule has 1 fully saturated rings. The Bertz CT molecular complexity index is 567. The number of esters is 1. The van der Waals surface area contributed by atoms with Crippen LogP contribution >= 0.6 is 12.4 Å². The van der Waals surface area contributed by atoms with E-state index in [9.17, 15) is 23.5 Å². The second-order valence-electron chi connectivity index (χ2n) is 4.24. The minimum Gasteiger partial charge on any atom is -0.504 e. The highest BCUT2D eigenvalue weighted by atomic mass is 35.5. The Kier molecular flexibility index (Phi) is 4.95. The van der Waals surface area contributed by atoms with Crippen LogP contribution in [-0.4, -0.2) is 29.7 Å². The van der Waals surface area contributed by atoms with E-state index in [-0.39, 0.29) is 23.7 Å². The van der Waals surface area contributed by atoms with Gasteiger partial charge in [0.25, 0.3) is 0 Å². The normalized spacial score (nSPS) is 19.8. The lowest BCUT2D eigenvalue weighted by molar-refractivity contribution is -0.132. The summed E-state index contributed by atoms with van der Waals surface area (Å²) in [6.45, 7) is 0.0934. The van der Waals surface area contributed by atoms with Crippen LogP contribution in [0.15, 0.2) is 18.2 Å². The molecule has 0 aromatic heterocycles. The first kappa shape index (κ1) is 17.0. The number of carbonyl (C=O) groups is 2. The number of phenols is 1. The van der Waals surface area contributed by atoms with Crippen LogP contribution in [0.1, 0.15) is 18.5 Å². The molecule has 0 unspecified atom stereocenters. The van der Waals surface area contributed by atoms with Gasteiger partial charge in [0.2, 0.25) is 0 Å². The Hall–Kier alpha value is -2.09. The number of alkyl carbamates (subject to hydrolysis) is 1. The number of phenolic OH excluding ortho intramolecular Hbond substituents is 1. The summed E-state index contributed by atoms with van der Waals surface area (Å²) < 4.78 is 36.2. The lowest BCUT2D eigenvalue weighted by atomic mass is 9.99. The molecule has 1 heterocycles. The van der Waals surface area contributed by atoms with Crippen LogP contribution in [0.3, 0.4) is 0 Å². The molecule has 0 spiro atoms. The largest absolute Gasteiger partial charge is 0.504 e. The predicted octanol–water partition coefficient (Wildman–Crippen LogP) is 2.16. The van der Waals surface area contributed by atoms with Gasteiger partial charge >= 0.3 is 18.0 Å². The van der Waals surface area contributed by atoms with Crippen molar-refractivity contribution in [1.29, 1.82) is 0 Å². The lowest BCUT2D eigenvalue weighted by Gasteiger charge is -2.31. The topological polar surface area (TPSA) is 84.9 Å². The van der Waals surface area contributed by atoms with Crippen LogP contribution in [0, 0.1) is 0 Å². The predicted molar refractivity (Wildman–Crippen MR) is 68.8 cm³/mol. The molecule has 1 aliphatic heterocycles. The van der Waals surface area contributed by atoms with Crippen molar-refractivity contribution in [3.05, 3.63) is 23.8 Å². The molecule has 1 aromatic carbocycles. The zero-order chi connectivity index (χ0) is 14.9. The van der Waals surface area contributed by atoms with Crippen LogP contribution in [0.2, 0.25) is 0 Å². The highest BCUT2D eigenvalue weighted by Crippen LogP contribution is 2.37. The number of aromatic hydroxyl groups is 1. The minimum absolute atomic E-state index is 0. The fraction of sp³-hybridized carbons (Fsp3) is 0.333. The Morgan fingerprint density at radius 3 is 2.76 bits per heavy atom. The van der Waals surface area contributed by atoms with Gasteiger partial charge < -0.3 is 19.9 Å². The van der Waals surface area contributed by atoms with Gasteiger partial charge in [-0.05, 0) is 17.7 Å². The number of cyclic esters (lactones) is 1. The van der Waals surface area contributed by atoms with E-state index in [2.05, 4.69) is 9.47 Å². The van der Waals surface area contributed by atoms with Gasteiger partial charge in [-0.3, -0.25) is 4.79 Å². The van der Waals surface area contributed by atoms with Crippen LogP contribution in [0.5, 0.6) is 11.5 Å². The monoisotopic (exact) mass is 323 g/mol. The highest BCUT2D eigenvalue weighted by molar-refractivity contribution is 5.85. The van der Waals surface area contributed by atoms with Gasteiger partial charge in [0.15, 0.2) is 18.1 Å². The number of hydrogen-bond donors (Lipinski definition) is 2. The lowest BCUT2D eigenvalue weighted by Crippen LogP contribution is -2.49. The van der Waals surface area contributed by atoms with Gasteiger partial charge in [0.1, 0.15) is 6.04 Å².